The van der Waals surface area contributed by atoms with Crippen LogP contribution in [-0.2, 0) is 14.3 Å². The predicted octanol–water partition coefficient (Wildman–Crippen LogP) is 1.18. The van der Waals surface area contributed by atoms with Crippen LogP contribution in [0.15, 0.2) is 18.2 Å². The monoisotopic (exact) mass is 238 g/mol. The third-order valence-corrected chi connectivity index (χ3v) is 2.23. The van der Waals surface area contributed by atoms with E-state index in [0.29, 0.717) is 24.6 Å². The van der Waals surface area contributed by atoms with E-state index >= 15 is 0 Å². The number of para-hydroxylation sites is 1. The van der Waals surface area contributed by atoms with Crippen molar-refractivity contribution >= 4 is 17.3 Å². The first-order chi connectivity index (χ1) is 8.15. The highest BCUT2D eigenvalue weighted by Gasteiger charge is 2.07. The summed E-state index contributed by atoms with van der Waals surface area (Å²) in [4.78, 5) is 11.5. The number of nitrogens with two attached hydrogens (primary N) is 1. The van der Waals surface area contributed by atoms with Crippen LogP contribution in [0, 0.1) is 6.92 Å². The lowest BCUT2D eigenvalue weighted by Crippen LogP contribution is -2.20. The number of ether oxygens (including phenoxy) is 2. The molecule has 0 aliphatic rings. The molecule has 17 heavy (non-hydrogen) atoms. The average molecular weight is 238 g/mol. The van der Waals surface area contributed by atoms with Gasteiger partial charge in [0.05, 0.1) is 24.6 Å². The maximum atomic E-state index is 11.5. The molecule has 0 spiro atoms. The van der Waals surface area contributed by atoms with Gasteiger partial charge in [-0.15, -0.1) is 0 Å². The van der Waals surface area contributed by atoms with Crippen LogP contribution in [-0.4, -0.2) is 32.8 Å². The van der Waals surface area contributed by atoms with E-state index in [0.717, 1.165) is 5.56 Å². The van der Waals surface area contributed by atoms with Gasteiger partial charge in [0.15, 0.2) is 0 Å². The van der Waals surface area contributed by atoms with E-state index < -0.39 is 0 Å². The minimum Gasteiger partial charge on any atom is -0.397 e. The topological polar surface area (TPSA) is 73.6 Å². The molecule has 0 radical (unpaired) electrons. The van der Waals surface area contributed by atoms with Gasteiger partial charge in [0.1, 0.15) is 6.61 Å². The fraction of sp³-hybridized carbons (Fsp3) is 0.417. The van der Waals surface area contributed by atoms with Gasteiger partial charge in [-0.2, -0.15) is 0 Å². The zero-order chi connectivity index (χ0) is 12.7. The summed E-state index contributed by atoms with van der Waals surface area (Å²) >= 11 is 0. The molecule has 1 aromatic rings. The molecule has 1 rings (SSSR count). The first-order valence-electron chi connectivity index (χ1n) is 5.36. The van der Waals surface area contributed by atoms with Gasteiger partial charge in [-0.05, 0) is 18.6 Å². The van der Waals surface area contributed by atoms with Crippen molar-refractivity contribution in [3.8, 4) is 0 Å². The molecule has 1 amide bonds. The Balaban J connectivity index is 2.45. The largest absolute Gasteiger partial charge is 0.397 e. The van der Waals surface area contributed by atoms with Crippen molar-refractivity contribution in [3.05, 3.63) is 23.8 Å². The summed E-state index contributed by atoms with van der Waals surface area (Å²) in [7, 11) is 1.58. The molecule has 0 saturated heterocycles. The average Bonchev–Trinajstić information content (AvgIpc) is 2.30. The Morgan fingerprint density at radius 1 is 1.41 bits per heavy atom. The zero-order valence-corrected chi connectivity index (χ0v) is 10.2. The highest BCUT2D eigenvalue weighted by molar-refractivity contribution is 5.95. The van der Waals surface area contributed by atoms with Crippen LogP contribution in [0.1, 0.15) is 5.56 Å². The number of anilines is 2. The van der Waals surface area contributed by atoms with E-state index in [1.165, 1.54) is 0 Å². The van der Waals surface area contributed by atoms with Gasteiger partial charge in [0, 0.05) is 7.11 Å². The normalized spacial score (nSPS) is 10.2. The molecule has 0 fully saturated rings. The Kier molecular flexibility index (Phi) is 5.45. The van der Waals surface area contributed by atoms with Gasteiger partial charge in [-0.25, -0.2) is 0 Å². The standard InChI is InChI=1S/C12H18N2O3/c1-9-4-3-5-10(13)12(9)14-11(15)8-17-7-6-16-2/h3-5H,6-8,13H2,1-2H3,(H,14,15). The number of methoxy groups -OCH3 is 1. The van der Waals surface area contributed by atoms with Gasteiger partial charge in [0.25, 0.3) is 0 Å². The fourth-order valence-electron chi connectivity index (χ4n) is 1.34. The minimum absolute atomic E-state index is 0.00284. The maximum Gasteiger partial charge on any atom is 0.250 e. The van der Waals surface area contributed by atoms with Crippen molar-refractivity contribution in [2.45, 2.75) is 6.92 Å². The van der Waals surface area contributed by atoms with Crippen molar-refractivity contribution in [1.82, 2.24) is 0 Å². The van der Waals surface area contributed by atoms with Gasteiger partial charge in [0.2, 0.25) is 5.91 Å². The molecule has 94 valence electrons. The molecular weight excluding hydrogens is 220 g/mol. The first kappa shape index (κ1) is 13.5. The van der Waals surface area contributed by atoms with Gasteiger partial charge >= 0.3 is 0 Å². The second-order valence-electron chi connectivity index (χ2n) is 3.63. The van der Waals surface area contributed by atoms with E-state index in [9.17, 15) is 4.79 Å². The Bertz CT molecular complexity index is 360. The summed E-state index contributed by atoms with van der Waals surface area (Å²) in [6.45, 7) is 2.75. The van der Waals surface area contributed by atoms with Gasteiger partial charge in [-0.3, -0.25) is 4.79 Å². The molecule has 0 atom stereocenters. The molecule has 1 aromatic carbocycles. The fourth-order valence-corrected chi connectivity index (χ4v) is 1.34. The Hall–Kier alpha value is -1.59. The van der Waals surface area contributed by atoms with E-state index in [-0.39, 0.29) is 12.5 Å². The number of aryl methyl sites for hydroxylation is 1. The number of benzene rings is 1. The van der Waals surface area contributed by atoms with Crippen LogP contribution in [0.3, 0.4) is 0 Å². The van der Waals surface area contributed by atoms with E-state index in [2.05, 4.69) is 5.32 Å². The molecule has 0 saturated carbocycles. The molecular formula is C12H18N2O3. The minimum atomic E-state index is -0.220. The smallest absolute Gasteiger partial charge is 0.250 e. The molecule has 0 unspecified atom stereocenters. The molecule has 0 aliphatic heterocycles. The summed E-state index contributed by atoms with van der Waals surface area (Å²) in [5.41, 5.74) is 7.89. The molecule has 3 N–H and O–H groups in total. The van der Waals surface area contributed by atoms with Crippen LogP contribution in [0.2, 0.25) is 0 Å². The first-order valence-corrected chi connectivity index (χ1v) is 5.36. The number of amides is 1. The molecule has 0 aromatic heterocycles. The Morgan fingerprint density at radius 3 is 2.82 bits per heavy atom. The van der Waals surface area contributed by atoms with E-state index in [1.54, 1.807) is 13.2 Å². The number of nitrogens with one attached hydrogen (secondary N) is 1. The number of carbonyl (C=O) groups is 1. The summed E-state index contributed by atoms with van der Waals surface area (Å²) in [6.07, 6.45) is 0. The number of hydrogen-bond donors (Lipinski definition) is 2. The van der Waals surface area contributed by atoms with Crippen LogP contribution in [0.25, 0.3) is 0 Å². The Labute approximate surface area is 101 Å². The lowest BCUT2D eigenvalue weighted by molar-refractivity contribution is -0.121. The van der Waals surface area contributed by atoms with Crippen LogP contribution in [0.4, 0.5) is 11.4 Å². The SMILES string of the molecule is COCCOCC(=O)Nc1c(C)cccc1N. The number of hydrogen-bond acceptors (Lipinski definition) is 4. The third-order valence-electron chi connectivity index (χ3n) is 2.23. The second-order valence-corrected chi connectivity index (χ2v) is 3.63. The predicted molar refractivity (Wildman–Crippen MR) is 66.9 cm³/mol. The molecule has 0 aliphatic carbocycles. The van der Waals surface area contributed by atoms with Crippen LogP contribution < -0.4 is 11.1 Å². The van der Waals surface area contributed by atoms with Crippen molar-refractivity contribution in [3.63, 3.8) is 0 Å². The summed E-state index contributed by atoms with van der Waals surface area (Å²) in [5.74, 6) is -0.220. The molecule has 0 bridgehead atoms. The lowest BCUT2D eigenvalue weighted by Gasteiger charge is -2.11. The highest BCUT2D eigenvalue weighted by atomic mass is 16.5. The number of carbonyl (C=O) groups excluding carboxylic acids is 1. The Morgan fingerprint density at radius 2 is 2.18 bits per heavy atom. The molecule has 5 heteroatoms. The second kappa shape index (κ2) is 6.88. The lowest BCUT2D eigenvalue weighted by atomic mass is 10.1. The van der Waals surface area contributed by atoms with Gasteiger partial charge in [-0.1, -0.05) is 12.1 Å². The van der Waals surface area contributed by atoms with E-state index in [1.807, 2.05) is 19.1 Å². The maximum absolute atomic E-state index is 11.5. The van der Waals surface area contributed by atoms with Gasteiger partial charge < -0.3 is 20.5 Å². The zero-order valence-electron chi connectivity index (χ0n) is 10.2. The van der Waals surface area contributed by atoms with Crippen molar-refractivity contribution in [2.24, 2.45) is 0 Å². The molecule has 5 nitrogen and oxygen atoms in total. The van der Waals surface area contributed by atoms with Crippen LogP contribution in [0.5, 0.6) is 0 Å². The number of nitrogen functional groups attached to an aromatic ring is 1. The van der Waals surface area contributed by atoms with Crippen molar-refractivity contribution in [2.75, 3.05) is 38.0 Å². The van der Waals surface area contributed by atoms with E-state index in [4.69, 9.17) is 15.2 Å². The summed E-state index contributed by atoms with van der Waals surface area (Å²) in [6, 6.07) is 5.47. The van der Waals surface area contributed by atoms with Crippen molar-refractivity contribution < 1.29 is 14.3 Å². The number of rotatable bonds is 6. The summed E-state index contributed by atoms with van der Waals surface area (Å²) < 4.78 is 9.91. The third kappa shape index (κ3) is 4.42. The van der Waals surface area contributed by atoms with Crippen LogP contribution >= 0.6 is 0 Å². The summed E-state index contributed by atoms with van der Waals surface area (Å²) in [5, 5.41) is 2.73. The molecule has 0 heterocycles. The highest BCUT2D eigenvalue weighted by Crippen LogP contribution is 2.22. The quantitative estimate of drug-likeness (QED) is 0.576. The van der Waals surface area contributed by atoms with Crippen molar-refractivity contribution in [1.29, 1.82) is 0 Å².